The molecule has 0 unspecified atom stereocenters. The molecule has 1 aromatic carbocycles. The van der Waals surface area contributed by atoms with Crippen LogP contribution in [0, 0.1) is 0 Å². The molecule has 1 aromatic rings. The normalized spacial score (nSPS) is 19.9. The molecule has 0 aliphatic carbocycles. The largest absolute Gasteiger partial charge is 0.493 e. The van der Waals surface area contributed by atoms with E-state index in [9.17, 15) is 4.79 Å². The maximum Gasteiger partial charge on any atom is 0.286 e. The molecule has 1 amide bonds. The molecular weight excluding hydrogens is 316 g/mol. The number of methoxy groups -OCH3 is 2. The van der Waals surface area contributed by atoms with E-state index in [4.69, 9.17) is 14.2 Å². The summed E-state index contributed by atoms with van der Waals surface area (Å²) in [6.45, 7) is 2.87. The van der Waals surface area contributed by atoms with Gasteiger partial charge in [0.15, 0.2) is 16.7 Å². The second kappa shape index (κ2) is 7.06. The number of amidine groups is 1. The van der Waals surface area contributed by atoms with Crippen molar-refractivity contribution in [1.82, 2.24) is 4.90 Å². The Morgan fingerprint density at radius 3 is 2.65 bits per heavy atom. The molecule has 2 aliphatic rings. The van der Waals surface area contributed by atoms with Crippen LogP contribution in [0.2, 0.25) is 0 Å². The van der Waals surface area contributed by atoms with E-state index in [1.807, 2.05) is 24.3 Å². The molecule has 0 radical (unpaired) electrons. The number of carbonyl (C=O) groups excluding carboxylic acids is 1. The molecule has 1 fully saturated rings. The maximum absolute atomic E-state index is 12.1. The third kappa shape index (κ3) is 3.51. The molecule has 23 heavy (non-hydrogen) atoms. The first-order valence-corrected chi connectivity index (χ1v) is 8.10. The number of hydrogen-bond donors (Lipinski definition) is 0. The minimum Gasteiger partial charge on any atom is -0.493 e. The van der Waals surface area contributed by atoms with Crippen molar-refractivity contribution in [3.8, 4) is 11.5 Å². The minimum absolute atomic E-state index is 0.203. The molecule has 6 nitrogen and oxygen atoms in total. The number of thioether (sulfide) groups is 1. The number of benzene rings is 1. The summed E-state index contributed by atoms with van der Waals surface area (Å²) in [6, 6.07) is 5.54. The highest BCUT2D eigenvalue weighted by Gasteiger charge is 2.27. The van der Waals surface area contributed by atoms with Gasteiger partial charge in [-0.25, -0.2) is 0 Å². The summed E-state index contributed by atoms with van der Waals surface area (Å²) < 4.78 is 15.8. The smallest absolute Gasteiger partial charge is 0.286 e. The predicted molar refractivity (Wildman–Crippen MR) is 89.9 cm³/mol. The van der Waals surface area contributed by atoms with Gasteiger partial charge in [-0.3, -0.25) is 4.79 Å². The third-order valence-electron chi connectivity index (χ3n) is 3.60. The Bertz CT molecular complexity index is 666. The van der Waals surface area contributed by atoms with E-state index in [-0.39, 0.29) is 5.91 Å². The van der Waals surface area contributed by atoms with Crippen LogP contribution in [0.25, 0.3) is 6.08 Å². The molecule has 0 bridgehead atoms. The number of morpholine rings is 1. The minimum atomic E-state index is -0.203. The molecule has 7 heteroatoms. The van der Waals surface area contributed by atoms with Gasteiger partial charge in [0.2, 0.25) is 0 Å². The highest BCUT2D eigenvalue weighted by atomic mass is 32.2. The Labute approximate surface area is 139 Å². The van der Waals surface area contributed by atoms with Gasteiger partial charge in [-0.15, -0.1) is 0 Å². The van der Waals surface area contributed by atoms with Crippen molar-refractivity contribution >= 4 is 28.9 Å². The number of carbonyl (C=O) groups is 1. The second-order valence-electron chi connectivity index (χ2n) is 5.02. The van der Waals surface area contributed by atoms with Crippen LogP contribution in [0.15, 0.2) is 28.1 Å². The zero-order valence-electron chi connectivity index (χ0n) is 13.1. The van der Waals surface area contributed by atoms with Gasteiger partial charge in [-0.2, -0.15) is 4.99 Å². The molecule has 0 aromatic heterocycles. The highest BCUT2D eigenvalue weighted by Crippen LogP contribution is 2.33. The average Bonchev–Trinajstić information content (AvgIpc) is 2.96. The molecule has 2 aliphatic heterocycles. The van der Waals surface area contributed by atoms with Crippen LogP contribution in [0.5, 0.6) is 11.5 Å². The first-order valence-electron chi connectivity index (χ1n) is 7.28. The number of amides is 1. The Hall–Kier alpha value is -1.99. The van der Waals surface area contributed by atoms with Gasteiger partial charge in [0.1, 0.15) is 0 Å². The van der Waals surface area contributed by atoms with Crippen LogP contribution < -0.4 is 9.47 Å². The maximum atomic E-state index is 12.1. The molecule has 3 rings (SSSR count). The monoisotopic (exact) mass is 334 g/mol. The quantitative estimate of drug-likeness (QED) is 0.788. The van der Waals surface area contributed by atoms with E-state index in [0.717, 1.165) is 23.8 Å². The summed E-state index contributed by atoms with van der Waals surface area (Å²) in [5.74, 6) is 1.09. The number of aliphatic imine (C=N–C) groups is 1. The van der Waals surface area contributed by atoms with E-state index in [0.29, 0.717) is 29.6 Å². The Balaban J connectivity index is 1.77. The van der Waals surface area contributed by atoms with Gasteiger partial charge in [-0.1, -0.05) is 6.07 Å². The first kappa shape index (κ1) is 15.9. The predicted octanol–water partition coefficient (Wildman–Crippen LogP) is 2.01. The fourth-order valence-electron chi connectivity index (χ4n) is 2.38. The van der Waals surface area contributed by atoms with Crippen molar-refractivity contribution in [1.29, 1.82) is 0 Å². The van der Waals surface area contributed by atoms with Crippen LogP contribution >= 0.6 is 11.8 Å². The zero-order chi connectivity index (χ0) is 16.2. The van der Waals surface area contributed by atoms with E-state index in [1.165, 1.54) is 11.8 Å². The number of hydrogen-bond acceptors (Lipinski definition) is 6. The van der Waals surface area contributed by atoms with Gasteiger partial charge < -0.3 is 19.1 Å². The van der Waals surface area contributed by atoms with Crippen LogP contribution in [0.3, 0.4) is 0 Å². The second-order valence-corrected chi connectivity index (χ2v) is 6.03. The third-order valence-corrected chi connectivity index (χ3v) is 4.64. The lowest BCUT2D eigenvalue weighted by Crippen LogP contribution is -2.38. The molecule has 0 spiro atoms. The van der Waals surface area contributed by atoms with E-state index >= 15 is 0 Å². The Morgan fingerprint density at radius 1 is 1.22 bits per heavy atom. The lowest BCUT2D eigenvalue weighted by atomic mass is 10.2. The fourth-order valence-corrected chi connectivity index (χ4v) is 3.35. The lowest BCUT2D eigenvalue weighted by molar-refractivity contribution is -0.113. The summed E-state index contributed by atoms with van der Waals surface area (Å²) in [5, 5.41) is 0.755. The summed E-state index contributed by atoms with van der Waals surface area (Å²) in [7, 11) is 3.18. The lowest BCUT2D eigenvalue weighted by Gasteiger charge is -2.27. The molecule has 0 N–H and O–H groups in total. The Morgan fingerprint density at radius 2 is 1.96 bits per heavy atom. The van der Waals surface area contributed by atoms with Gasteiger partial charge in [0, 0.05) is 13.1 Å². The molecular formula is C16H18N2O4S. The number of nitrogens with zero attached hydrogens (tertiary/aromatic N) is 2. The van der Waals surface area contributed by atoms with Crippen LogP contribution in [-0.4, -0.2) is 56.5 Å². The van der Waals surface area contributed by atoms with Crippen molar-refractivity contribution in [2.45, 2.75) is 0 Å². The number of rotatable bonds is 3. The van der Waals surface area contributed by atoms with Crippen molar-refractivity contribution in [2.75, 3.05) is 40.5 Å². The van der Waals surface area contributed by atoms with Gasteiger partial charge in [0.25, 0.3) is 5.91 Å². The van der Waals surface area contributed by atoms with E-state index in [1.54, 1.807) is 14.2 Å². The molecule has 0 atom stereocenters. The number of ether oxygens (including phenoxy) is 3. The summed E-state index contributed by atoms with van der Waals surface area (Å²) in [6.07, 6.45) is 1.83. The van der Waals surface area contributed by atoms with Gasteiger partial charge in [0.05, 0.1) is 32.3 Å². The van der Waals surface area contributed by atoms with Crippen molar-refractivity contribution in [3.05, 3.63) is 28.7 Å². The Kier molecular flexibility index (Phi) is 4.88. The standard InChI is InChI=1S/C16H18N2O4S/c1-20-12-4-3-11(9-13(12)21-2)10-14-15(19)17-16(23-14)18-5-7-22-8-6-18/h3-4,9-10H,5-8H2,1-2H3. The SMILES string of the molecule is COc1ccc(C=C2SC(N3CCOCC3)=NC2=O)cc1OC. The molecule has 2 heterocycles. The summed E-state index contributed by atoms with van der Waals surface area (Å²) >= 11 is 1.40. The van der Waals surface area contributed by atoms with Crippen molar-refractivity contribution < 1.29 is 19.0 Å². The van der Waals surface area contributed by atoms with Gasteiger partial charge in [-0.05, 0) is 35.5 Å². The molecule has 1 saturated heterocycles. The average molecular weight is 334 g/mol. The highest BCUT2D eigenvalue weighted by molar-refractivity contribution is 8.18. The molecule has 122 valence electrons. The fraction of sp³-hybridized carbons (Fsp3) is 0.375. The van der Waals surface area contributed by atoms with Crippen molar-refractivity contribution in [2.24, 2.45) is 4.99 Å². The summed E-state index contributed by atoms with van der Waals surface area (Å²) in [5.41, 5.74) is 0.872. The van der Waals surface area contributed by atoms with E-state index in [2.05, 4.69) is 9.89 Å². The van der Waals surface area contributed by atoms with Crippen LogP contribution in [0.4, 0.5) is 0 Å². The van der Waals surface area contributed by atoms with Crippen molar-refractivity contribution in [3.63, 3.8) is 0 Å². The first-order chi connectivity index (χ1) is 11.2. The summed E-state index contributed by atoms with van der Waals surface area (Å²) in [4.78, 5) is 19.0. The zero-order valence-corrected chi connectivity index (χ0v) is 13.9. The van der Waals surface area contributed by atoms with Crippen LogP contribution in [0.1, 0.15) is 5.56 Å². The van der Waals surface area contributed by atoms with Crippen LogP contribution in [-0.2, 0) is 9.53 Å². The topological polar surface area (TPSA) is 60.4 Å². The molecule has 0 saturated carbocycles. The van der Waals surface area contributed by atoms with E-state index < -0.39 is 0 Å². The van der Waals surface area contributed by atoms with Gasteiger partial charge >= 0.3 is 0 Å².